The lowest BCUT2D eigenvalue weighted by Gasteiger charge is -2.19. The molecule has 0 aliphatic carbocycles. The summed E-state index contributed by atoms with van der Waals surface area (Å²) in [7, 11) is 0. The van der Waals surface area contributed by atoms with Crippen molar-refractivity contribution in [1.82, 2.24) is 4.98 Å². The average Bonchev–Trinajstić information content (AvgIpc) is 2.53. The number of anilines is 1. The first-order chi connectivity index (χ1) is 11.3. The lowest BCUT2D eigenvalue weighted by Crippen LogP contribution is -2.14. The second-order valence-corrected chi connectivity index (χ2v) is 7.11. The molecule has 0 radical (unpaired) electrons. The molecule has 3 rings (SSSR count). The van der Waals surface area contributed by atoms with Crippen molar-refractivity contribution < 1.29 is 4.79 Å². The molecular formula is C21H22N2O. The first-order valence-electron chi connectivity index (χ1n) is 8.13. The van der Waals surface area contributed by atoms with Crippen molar-refractivity contribution in [3.63, 3.8) is 0 Å². The Morgan fingerprint density at radius 3 is 2.33 bits per heavy atom. The fourth-order valence-electron chi connectivity index (χ4n) is 2.75. The average molecular weight is 318 g/mol. The SMILES string of the molecule is Cc1cc(C(=O)Nc2ccc(C(C)(C)C)cc2)c2ccccc2n1. The number of amides is 1. The van der Waals surface area contributed by atoms with Crippen molar-refractivity contribution in [2.75, 3.05) is 5.32 Å². The number of aromatic nitrogens is 1. The van der Waals surface area contributed by atoms with Crippen molar-refractivity contribution in [2.45, 2.75) is 33.1 Å². The maximum Gasteiger partial charge on any atom is 0.256 e. The summed E-state index contributed by atoms with van der Waals surface area (Å²) in [5, 5.41) is 3.86. The van der Waals surface area contributed by atoms with Crippen LogP contribution in [0.15, 0.2) is 54.6 Å². The Labute approximate surface area is 142 Å². The van der Waals surface area contributed by atoms with E-state index in [2.05, 4.69) is 43.2 Å². The smallest absolute Gasteiger partial charge is 0.256 e. The van der Waals surface area contributed by atoms with E-state index < -0.39 is 0 Å². The zero-order chi connectivity index (χ0) is 17.3. The first kappa shape index (κ1) is 16.2. The van der Waals surface area contributed by atoms with E-state index >= 15 is 0 Å². The van der Waals surface area contributed by atoms with Gasteiger partial charge in [-0.15, -0.1) is 0 Å². The van der Waals surface area contributed by atoms with Crippen LogP contribution in [0.25, 0.3) is 10.9 Å². The van der Waals surface area contributed by atoms with E-state index in [0.29, 0.717) is 5.56 Å². The number of hydrogen-bond donors (Lipinski definition) is 1. The number of rotatable bonds is 2. The molecule has 122 valence electrons. The lowest BCUT2D eigenvalue weighted by molar-refractivity contribution is 0.102. The zero-order valence-electron chi connectivity index (χ0n) is 14.6. The molecule has 24 heavy (non-hydrogen) atoms. The van der Waals surface area contributed by atoms with Crippen LogP contribution in [0.2, 0.25) is 0 Å². The second-order valence-electron chi connectivity index (χ2n) is 7.11. The predicted octanol–water partition coefficient (Wildman–Crippen LogP) is 5.09. The summed E-state index contributed by atoms with van der Waals surface area (Å²) in [4.78, 5) is 17.2. The minimum absolute atomic E-state index is 0.0982. The summed E-state index contributed by atoms with van der Waals surface area (Å²) in [6.07, 6.45) is 0. The number of para-hydroxylation sites is 1. The Balaban J connectivity index is 1.91. The highest BCUT2D eigenvalue weighted by Gasteiger charge is 2.15. The van der Waals surface area contributed by atoms with E-state index in [4.69, 9.17) is 0 Å². The van der Waals surface area contributed by atoms with Crippen molar-refractivity contribution in [1.29, 1.82) is 0 Å². The molecular weight excluding hydrogens is 296 g/mol. The molecule has 3 aromatic rings. The van der Waals surface area contributed by atoms with Crippen LogP contribution in [-0.2, 0) is 5.41 Å². The van der Waals surface area contributed by atoms with Gasteiger partial charge in [0.25, 0.3) is 5.91 Å². The van der Waals surface area contributed by atoms with E-state index in [1.165, 1.54) is 5.56 Å². The van der Waals surface area contributed by atoms with Gasteiger partial charge in [-0.05, 0) is 42.2 Å². The standard InChI is InChI=1S/C21H22N2O/c1-14-13-18(17-7-5-6-8-19(17)22-14)20(24)23-16-11-9-15(10-12-16)21(2,3)4/h5-13H,1-4H3,(H,23,24). The number of nitrogens with zero attached hydrogens (tertiary/aromatic N) is 1. The maximum atomic E-state index is 12.7. The summed E-state index contributed by atoms with van der Waals surface area (Å²) in [5.74, 6) is -0.111. The van der Waals surface area contributed by atoms with Crippen LogP contribution in [-0.4, -0.2) is 10.9 Å². The maximum absolute atomic E-state index is 12.7. The van der Waals surface area contributed by atoms with Crippen molar-refractivity contribution in [2.24, 2.45) is 0 Å². The second kappa shape index (κ2) is 6.08. The Morgan fingerprint density at radius 1 is 1.00 bits per heavy atom. The number of aryl methyl sites for hydroxylation is 1. The Morgan fingerprint density at radius 2 is 1.67 bits per heavy atom. The molecule has 1 heterocycles. The van der Waals surface area contributed by atoms with Gasteiger partial charge in [-0.1, -0.05) is 51.1 Å². The lowest BCUT2D eigenvalue weighted by atomic mass is 9.87. The third-order valence-corrected chi connectivity index (χ3v) is 4.10. The van der Waals surface area contributed by atoms with Gasteiger partial charge in [0.15, 0.2) is 0 Å². The van der Waals surface area contributed by atoms with Gasteiger partial charge < -0.3 is 5.32 Å². The van der Waals surface area contributed by atoms with Gasteiger partial charge >= 0.3 is 0 Å². The van der Waals surface area contributed by atoms with Gasteiger partial charge in [0.05, 0.1) is 11.1 Å². The number of hydrogen-bond acceptors (Lipinski definition) is 2. The number of nitrogens with one attached hydrogen (secondary N) is 1. The molecule has 0 saturated carbocycles. The highest BCUT2D eigenvalue weighted by atomic mass is 16.1. The Kier molecular flexibility index (Phi) is 4.10. The number of benzene rings is 2. The zero-order valence-corrected chi connectivity index (χ0v) is 14.6. The van der Waals surface area contributed by atoms with Crippen LogP contribution in [0.3, 0.4) is 0 Å². The summed E-state index contributed by atoms with van der Waals surface area (Å²) >= 11 is 0. The largest absolute Gasteiger partial charge is 0.322 e. The molecule has 0 aliphatic rings. The van der Waals surface area contributed by atoms with Gasteiger partial charge in [-0.3, -0.25) is 9.78 Å². The molecule has 1 N–H and O–H groups in total. The number of carbonyl (C=O) groups is 1. The highest BCUT2D eigenvalue weighted by Crippen LogP contribution is 2.24. The molecule has 3 nitrogen and oxygen atoms in total. The van der Waals surface area contributed by atoms with Crippen molar-refractivity contribution in [3.05, 3.63) is 71.4 Å². The van der Waals surface area contributed by atoms with E-state index in [1.54, 1.807) is 0 Å². The molecule has 0 saturated heterocycles. The Bertz CT molecular complexity index is 890. The molecule has 0 atom stereocenters. The predicted molar refractivity (Wildman–Crippen MR) is 99.6 cm³/mol. The van der Waals surface area contributed by atoms with Gasteiger partial charge in [-0.25, -0.2) is 0 Å². The summed E-state index contributed by atoms with van der Waals surface area (Å²) in [5.41, 5.74) is 4.46. The minimum Gasteiger partial charge on any atom is -0.322 e. The van der Waals surface area contributed by atoms with Gasteiger partial charge in [0.1, 0.15) is 0 Å². The van der Waals surface area contributed by atoms with Crippen LogP contribution >= 0.6 is 0 Å². The van der Waals surface area contributed by atoms with Gasteiger partial charge in [-0.2, -0.15) is 0 Å². The molecule has 0 bridgehead atoms. The third kappa shape index (κ3) is 3.30. The third-order valence-electron chi connectivity index (χ3n) is 4.10. The van der Waals surface area contributed by atoms with E-state index in [9.17, 15) is 4.79 Å². The van der Waals surface area contributed by atoms with Crippen molar-refractivity contribution >= 4 is 22.5 Å². The molecule has 2 aromatic carbocycles. The quantitative estimate of drug-likeness (QED) is 0.715. The molecule has 0 unspecified atom stereocenters. The molecule has 1 aromatic heterocycles. The van der Waals surface area contributed by atoms with Crippen LogP contribution in [0.1, 0.15) is 42.4 Å². The highest BCUT2D eigenvalue weighted by molar-refractivity contribution is 6.12. The number of carbonyl (C=O) groups excluding carboxylic acids is 1. The van der Waals surface area contributed by atoms with Crippen LogP contribution in [0, 0.1) is 6.92 Å². The van der Waals surface area contributed by atoms with Crippen LogP contribution in [0.5, 0.6) is 0 Å². The number of fused-ring (bicyclic) bond motifs is 1. The summed E-state index contributed by atoms with van der Waals surface area (Å²) in [6.45, 7) is 8.42. The van der Waals surface area contributed by atoms with Gasteiger partial charge in [0.2, 0.25) is 0 Å². The summed E-state index contributed by atoms with van der Waals surface area (Å²) in [6, 6.07) is 17.6. The normalized spacial score (nSPS) is 11.5. The molecule has 0 spiro atoms. The summed E-state index contributed by atoms with van der Waals surface area (Å²) < 4.78 is 0. The fraction of sp³-hybridized carbons (Fsp3) is 0.238. The topological polar surface area (TPSA) is 42.0 Å². The van der Waals surface area contributed by atoms with Gasteiger partial charge in [0, 0.05) is 16.8 Å². The fourth-order valence-corrected chi connectivity index (χ4v) is 2.75. The van der Waals surface area contributed by atoms with E-state index in [0.717, 1.165) is 22.3 Å². The first-order valence-corrected chi connectivity index (χ1v) is 8.13. The van der Waals surface area contributed by atoms with Crippen molar-refractivity contribution in [3.8, 4) is 0 Å². The number of pyridine rings is 1. The van der Waals surface area contributed by atoms with E-state index in [-0.39, 0.29) is 11.3 Å². The Hall–Kier alpha value is -2.68. The molecule has 3 heteroatoms. The van der Waals surface area contributed by atoms with Crippen LogP contribution in [0.4, 0.5) is 5.69 Å². The molecule has 1 amide bonds. The molecule has 0 fully saturated rings. The van der Waals surface area contributed by atoms with E-state index in [1.807, 2.05) is 49.4 Å². The van der Waals surface area contributed by atoms with Crippen LogP contribution < -0.4 is 5.32 Å². The minimum atomic E-state index is -0.111. The molecule has 0 aliphatic heterocycles. The monoisotopic (exact) mass is 318 g/mol.